The number of aliphatic hydroxyl groups excluding tert-OH is 1. The minimum atomic E-state index is -4.36. The molecule has 0 saturated carbocycles. The van der Waals surface area contributed by atoms with Gasteiger partial charge in [0.25, 0.3) is 0 Å². The standard InChI is InChI=1S/C12H11F3O/c1-2-9-5-6-11(12(13,14)15)8-10(9)4-3-7-16/h2-6,8,16H,1,7H2. The van der Waals surface area contributed by atoms with E-state index in [0.717, 1.165) is 12.1 Å². The Kier molecular flexibility index (Phi) is 3.90. The average molecular weight is 228 g/mol. The average Bonchev–Trinajstić information content (AvgIpc) is 2.24. The van der Waals surface area contributed by atoms with Crippen LogP contribution in [0.5, 0.6) is 0 Å². The van der Waals surface area contributed by atoms with E-state index in [-0.39, 0.29) is 6.61 Å². The highest BCUT2D eigenvalue weighted by molar-refractivity contribution is 5.65. The fraction of sp³-hybridized carbons (Fsp3) is 0.167. The van der Waals surface area contributed by atoms with Gasteiger partial charge in [0.15, 0.2) is 0 Å². The van der Waals surface area contributed by atoms with Gasteiger partial charge in [-0.2, -0.15) is 13.2 Å². The van der Waals surface area contributed by atoms with Crippen molar-refractivity contribution in [1.29, 1.82) is 0 Å². The highest BCUT2D eigenvalue weighted by Crippen LogP contribution is 2.31. The van der Waals surface area contributed by atoms with Crippen molar-refractivity contribution >= 4 is 12.2 Å². The van der Waals surface area contributed by atoms with Gasteiger partial charge < -0.3 is 5.11 Å². The fourth-order valence-electron chi connectivity index (χ4n) is 1.26. The summed E-state index contributed by atoms with van der Waals surface area (Å²) in [5, 5.41) is 8.59. The molecule has 0 aliphatic rings. The summed E-state index contributed by atoms with van der Waals surface area (Å²) in [5.74, 6) is 0. The first-order chi connectivity index (χ1) is 7.49. The molecule has 0 heterocycles. The first-order valence-corrected chi connectivity index (χ1v) is 4.60. The van der Waals surface area contributed by atoms with Crippen molar-refractivity contribution in [2.45, 2.75) is 6.18 Å². The second-order valence-electron chi connectivity index (χ2n) is 3.13. The summed E-state index contributed by atoms with van der Waals surface area (Å²) in [6.45, 7) is 3.30. The Hall–Kier alpha value is -1.55. The molecule has 16 heavy (non-hydrogen) atoms. The minimum Gasteiger partial charge on any atom is -0.392 e. The Labute approximate surface area is 91.5 Å². The zero-order valence-electron chi connectivity index (χ0n) is 8.46. The van der Waals surface area contributed by atoms with Gasteiger partial charge in [0.1, 0.15) is 0 Å². The molecule has 1 aromatic rings. The van der Waals surface area contributed by atoms with Crippen LogP contribution in [0, 0.1) is 0 Å². The van der Waals surface area contributed by atoms with Crippen molar-refractivity contribution in [1.82, 2.24) is 0 Å². The second kappa shape index (κ2) is 4.99. The summed E-state index contributed by atoms with van der Waals surface area (Å²) in [5.41, 5.74) is 0.271. The van der Waals surface area contributed by atoms with Crippen LogP contribution in [0.15, 0.2) is 30.9 Å². The lowest BCUT2D eigenvalue weighted by atomic mass is 10.0. The Morgan fingerprint density at radius 2 is 1.94 bits per heavy atom. The third kappa shape index (κ3) is 2.97. The highest BCUT2D eigenvalue weighted by Gasteiger charge is 2.30. The highest BCUT2D eigenvalue weighted by atomic mass is 19.4. The van der Waals surface area contributed by atoms with Gasteiger partial charge in [0.05, 0.1) is 12.2 Å². The van der Waals surface area contributed by atoms with Crippen LogP contribution < -0.4 is 0 Å². The molecule has 0 saturated heterocycles. The molecule has 0 aromatic heterocycles. The largest absolute Gasteiger partial charge is 0.416 e. The van der Waals surface area contributed by atoms with Crippen molar-refractivity contribution < 1.29 is 18.3 Å². The summed E-state index contributed by atoms with van der Waals surface area (Å²) in [6, 6.07) is 3.39. The molecule has 0 spiro atoms. The molecule has 0 radical (unpaired) electrons. The first kappa shape index (κ1) is 12.5. The predicted molar refractivity (Wildman–Crippen MR) is 57.7 cm³/mol. The van der Waals surface area contributed by atoms with E-state index in [1.54, 1.807) is 0 Å². The summed E-state index contributed by atoms with van der Waals surface area (Å²) in [6.07, 6.45) is -0.0759. The molecule has 0 unspecified atom stereocenters. The van der Waals surface area contributed by atoms with E-state index in [4.69, 9.17) is 5.11 Å². The maximum absolute atomic E-state index is 12.4. The Morgan fingerprint density at radius 3 is 2.44 bits per heavy atom. The van der Waals surface area contributed by atoms with E-state index in [9.17, 15) is 13.2 Å². The number of rotatable bonds is 3. The molecule has 1 aromatic carbocycles. The fourth-order valence-corrected chi connectivity index (χ4v) is 1.26. The van der Waals surface area contributed by atoms with Crippen LogP contribution in [-0.2, 0) is 6.18 Å². The van der Waals surface area contributed by atoms with Gasteiger partial charge >= 0.3 is 6.18 Å². The predicted octanol–water partition coefficient (Wildman–Crippen LogP) is 3.35. The molecule has 86 valence electrons. The molecular formula is C12H11F3O. The molecule has 0 fully saturated rings. The quantitative estimate of drug-likeness (QED) is 0.841. The SMILES string of the molecule is C=Cc1ccc(C(F)(F)F)cc1C=CCO. The van der Waals surface area contributed by atoms with E-state index in [1.165, 1.54) is 24.3 Å². The molecule has 0 bridgehead atoms. The van der Waals surface area contributed by atoms with Crippen LogP contribution in [0.2, 0.25) is 0 Å². The van der Waals surface area contributed by atoms with E-state index < -0.39 is 11.7 Å². The van der Waals surface area contributed by atoms with Gasteiger partial charge in [-0.05, 0) is 23.3 Å². The third-order valence-corrected chi connectivity index (χ3v) is 2.04. The van der Waals surface area contributed by atoms with Crippen molar-refractivity contribution in [2.24, 2.45) is 0 Å². The van der Waals surface area contributed by atoms with Gasteiger partial charge in [0, 0.05) is 0 Å². The van der Waals surface area contributed by atoms with Gasteiger partial charge in [-0.15, -0.1) is 0 Å². The van der Waals surface area contributed by atoms with Crippen LogP contribution in [-0.4, -0.2) is 11.7 Å². The van der Waals surface area contributed by atoms with Crippen molar-refractivity contribution in [2.75, 3.05) is 6.61 Å². The van der Waals surface area contributed by atoms with E-state index in [1.807, 2.05) is 0 Å². The summed E-state index contributed by atoms with van der Waals surface area (Å²) in [4.78, 5) is 0. The Morgan fingerprint density at radius 1 is 1.25 bits per heavy atom. The Bertz CT molecular complexity index is 405. The zero-order chi connectivity index (χ0) is 12.2. The molecule has 0 aliphatic carbocycles. The smallest absolute Gasteiger partial charge is 0.392 e. The van der Waals surface area contributed by atoms with E-state index >= 15 is 0 Å². The van der Waals surface area contributed by atoms with Crippen molar-refractivity contribution in [3.8, 4) is 0 Å². The van der Waals surface area contributed by atoms with Gasteiger partial charge in [0.2, 0.25) is 0 Å². The number of hydrogen-bond donors (Lipinski definition) is 1. The van der Waals surface area contributed by atoms with Crippen LogP contribution >= 0.6 is 0 Å². The molecule has 1 nitrogen and oxygen atoms in total. The maximum atomic E-state index is 12.4. The summed E-state index contributed by atoms with van der Waals surface area (Å²) < 4.78 is 37.3. The topological polar surface area (TPSA) is 20.2 Å². The number of benzene rings is 1. The van der Waals surface area contributed by atoms with Crippen LogP contribution in [0.3, 0.4) is 0 Å². The number of hydrogen-bond acceptors (Lipinski definition) is 1. The monoisotopic (exact) mass is 228 g/mol. The van der Waals surface area contributed by atoms with Gasteiger partial charge in [-0.1, -0.05) is 30.9 Å². The maximum Gasteiger partial charge on any atom is 0.416 e. The van der Waals surface area contributed by atoms with Crippen molar-refractivity contribution in [3.05, 3.63) is 47.5 Å². The Balaban J connectivity index is 3.21. The van der Waals surface area contributed by atoms with Crippen LogP contribution in [0.1, 0.15) is 16.7 Å². The first-order valence-electron chi connectivity index (χ1n) is 4.60. The van der Waals surface area contributed by atoms with Gasteiger partial charge in [-0.25, -0.2) is 0 Å². The molecule has 0 atom stereocenters. The minimum absolute atomic E-state index is 0.215. The van der Waals surface area contributed by atoms with Crippen molar-refractivity contribution in [3.63, 3.8) is 0 Å². The molecular weight excluding hydrogens is 217 g/mol. The van der Waals surface area contributed by atoms with Gasteiger partial charge in [-0.3, -0.25) is 0 Å². The van der Waals surface area contributed by atoms with Crippen LogP contribution in [0.4, 0.5) is 13.2 Å². The lowest BCUT2D eigenvalue weighted by Crippen LogP contribution is -2.05. The van der Waals surface area contributed by atoms with Crippen LogP contribution in [0.25, 0.3) is 12.2 Å². The third-order valence-electron chi connectivity index (χ3n) is 2.04. The number of aliphatic hydroxyl groups is 1. The van der Waals surface area contributed by atoms with E-state index in [0.29, 0.717) is 11.1 Å². The molecule has 4 heteroatoms. The normalized spacial score (nSPS) is 12.0. The molecule has 1 rings (SSSR count). The van der Waals surface area contributed by atoms with E-state index in [2.05, 4.69) is 6.58 Å². The number of halogens is 3. The molecule has 0 aliphatic heterocycles. The zero-order valence-corrected chi connectivity index (χ0v) is 8.46. The summed E-state index contributed by atoms with van der Waals surface area (Å²) >= 11 is 0. The lowest BCUT2D eigenvalue weighted by molar-refractivity contribution is -0.137. The molecule has 0 amide bonds. The second-order valence-corrected chi connectivity index (χ2v) is 3.13. The molecule has 1 N–H and O–H groups in total. The lowest BCUT2D eigenvalue weighted by Gasteiger charge is -2.09. The number of alkyl halides is 3. The summed E-state index contributed by atoms with van der Waals surface area (Å²) in [7, 11) is 0.